The largest absolute Gasteiger partial charge is 0.419 e. The van der Waals surface area contributed by atoms with Crippen LogP contribution in [0.15, 0.2) is 59.0 Å². The predicted molar refractivity (Wildman–Crippen MR) is 81.8 cm³/mol. The highest BCUT2D eigenvalue weighted by atomic mass is 35.5. The fourth-order valence-corrected chi connectivity index (χ4v) is 2.17. The van der Waals surface area contributed by atoms with Crippen molar-refractivity contribution in [2.45, 2.75) is 12.5 Å². The third-order valence-corrected chi connectivity index (χ3v) is 3.40. The lowest BCUT2D eigenvalue weighted by molar-refractivity contribution is 0.457. The topological polar surface area (TPSA) is 64.9 Å². The molecule has 5 heteroatoms. The summed E-state index contributed by atoms with van der Waals surface area (Å²) in [7, 11) is 0. The second-order valence-corrected chi connectivity index (χ2v) is 5.18. The molecule has 0 aliphatic rings. The van der Waals surface area contributed by atoms with Crippen LogP contribution in [-0.2, 0) is 6.42 Å². The first-order valence-corrected chi connectivity index (χ1v) is 6.99. The van der Waals surface area contributed by atoms with Gasteiger partial charge >= 0.3 is 0 Å². The molecular weight excluding hydrogens is 286 g/mol. The van der Waals surface area contributed by atoms with Crippen molar-refractivity contribution in [2.24, 2.45) is 5.73 Å². The van der Waals surface area contributed by atoms with Crippen molar-refractivity contribution < 1.29 is 4.42 Å². The van der Waals surface area contributed by atoms with E-state index in [2.05, 4.69) is 10.2 Å². The maximum atomic E-state index is 6.13. The number of hydrogen-bond acceptors (Lipinski definition) is 4. The van der Waals surface area contributed by atoms with E-state index < -0.39 is 0 Å². The van der Waals surface area contributed by atoms with E-state index in [1.54, 1.807) is 12.1 Å². The summed E-state index contributed by atoms with van der Waals surface area (Å²) in [6.07, 6.45) is 0.656. The number of halogens is 1. The maximum Gasteiger partial charge on any atom is 0.247 e. The van der Waals surface area contributed by atoms with Gasteiger partial charge in [-0.3, -0.25) is 0 Å². The molecule has 4 nitrogen and oxygen atoms in total. The average molecular weight is 300 g/mol. The van der Waals surface area contributed by atoms with Crippen molar-refractivity contribution in [3.05, 3.63) is 71.1 Å². The van der Waals surface area contributed by atoms with Gasteiger partial charge in [0.25, 0.3) is 0 Å². The molecule has 0 saturated carbocycles. The second kappa shape index (κ2) is 6.08. The Morgan fingerprint density at radius 1 is 1.00 bits per heavy atom. The van der Waals surface area contributed by atoms with Crippen LogP contribution in [0.3, 0.4) is 0 Å². The molecule has 0 aliphatic carbocycles. The maximum absolute atomic E-state index is 6.13. The predicted octanol–water partition coefficient (Wildman–Crippen LogP) is 3.63. The van der Waals surface area contributed by atoms with Crippen LogP contribution in [0.4, 0.5) is 0 Å². The summed E-state index contributed by atoms with van der Waals surface area (Å²) in [4.78, 5) is 0. The van der Waals surface area contributed by atoms with Gasteiger partial charge in [0.05, 0.1) is 6.04 Å². The summed E-state index contributed by atoms with van der Waals surface area (Å²) in [5.74, 6) is 0.883. The summed E-state index contributed by atoms with van der Waals surface area (Å²) in [6, 6.07) is 16.9. The van der Waals surface area contributed by atoms with E-state index in [4.69, 9.17) is 21.8 Å². The first kappa shape index (κ1) is 13.8. The Balaban J connectivity index is 1.76. The molecule has 1 aromatic heterocycles. The molecule has 106 valence electrons. The Labute approximate surface area is 127 Å². The Morgan fingerprint density at radius 3 is 2.43 bits per heavy atom. The van der Waals surface area contributed by atoms with Crippen LogP contribution in [0.25, 0.3) is 11.5 Å². The Kier molecular flexibility index (Phi) is 3.99. The molecule has 0 bridgehead atoms. The van der Waals surface area contributed by atoms with Gasteiger partial charge in [0.15, 0.2) is 0 Å². The number of hydrogen-bond donors (Lipinski definition) is 1. The Morgan fingerprint density at radius 2 is 1.71 bits per heavy atom. The highest BCUT2D eigenvalue weighted by Crippen LogP contribution is 2.23. The van der Waals surface area contributed by atoms with Gasteiger partial charge in [-0.15, -0.1) is 10.2 Å². The van der Waals surface area contributed by atoms with E-state index in [1.165, 1.54) is 0 Å². The van der Waals surface area contributed by atoms with Gasteiger partial charge in [0.2, 0.25) is 11.8 Å². The SMILES string of the molecule is NC(Cc1ccccc1)c1nnc(-c2ccc(Cl)cc2)o1. The smallest absolute Gasteiger partial charge is 0.247 e. The van der Waals surface area contributed by atoms with Crippen molar-refractivity contribution in [1.82, 2.24) is 10.2 Å². The monoisotopic (exact) mass is 299 g/mol. The first-order chi connectivity index (χ1) is 10.2. The summed E-state index contributed by atoms with van der Waals surface area (Å²) in [5.41, 5.74) is 8.08. The molecule has 0 radical (unpaired) electrons. The molecule has 0 spiro atoms. The molecule has 0 fully saturated rings. The van der Waals surface area contributed by atoms with Gasteiger partial charge in [0.1, 0.15) is 0 Å². The lowest BCUT2D eigenvalue weighted by Gasteiger charge is -2.06. The first-order valence-electron chi connectivity index (χ1n) is 6.61. The minimum absolute atomic E-state index is 0.319. The summed E-state index contributed by atoms with van der Waals surface area (Å²) in [6.45, 7) is 0. The molecule has 1 heterocycles. The van der Waals surface area contributed by atoms with Crippen LogP contribution < -0.4 is 5.73 Å². The molecule has 0 aliphatic heterocycles. The zero-order chi connectivity index (χ0) is 14.7. The van der Waals surface area contributed by atoms with Crippen molar-refractivity contribution >= 4 is 11.6 Å². The second-order valence-electron chi connectivity index (χ2n) is 4.75. The van der Waals surface area contributed by atoms with Gasteiger partial charge < -0.3 is 10.2 Å². The number of benzene rings is 2. The van der Waals surface area contributed by atoms with Crippen LogP contribution in [0.5, 0.6) is 0 Å². The highest BCUT2D eigenvalue weighted by molar-refractivity contribution is 6.30. The zero-order valence-electron chi connectivity index (χ0n) is 11.2. The standard InChI is InChI=1S/C16H14ClN3O/c17-13-8-6-12(7-9-13)15-19-20-16(21-15)14(18)10-11-4-2-1-3-5-11/h1-9,14H,10,18H2. The molecule has 0 saturated heterocycles. The van der Waals surface area contributed by atoms with Crippen LogP contribution in [0.2, 0.25) is 5.02 Å². The molecule has 1 atom stereocenters. The normalized spacial score (nSPS) is 12.3. The minimum Gasteiger partial charge on any atom is -0.419 e. The third kappa shape index (κ3) is 3.29. The molecular formula is C16H14ClN3O. The third-order valence-electron chi connectivity index (χ3n) is 3.15. The number of rotatable bonds is 4. The fraction of sp³-hybridized carbons (Fsp3) is 0.125. The van der Waals surface area contributed by atoms with Crippen LogP contribution in [0, 0.1) is 0 Å². The number of nitrogens with zero attached hydrogens (tertiary/aromatic N) is 2. The Hall–Kier alpha value is -2.17. The molecule has 3 aromatic rings. The van der Waals surface area contributed by atoms with E-state index in [0.717, 1.165) is 11.1 Å². The van der Waals surface area contributed by atoms with Gasteiger partial charge in [-0.05, 0) is 36.2 Å². The van der Waals surface area contributed by atoms with Crippen molar-refractivity contribution in [2.75, 3.05) is 0 Å². The minimum atomic E-state index is -0.319. The van der Waals surface area contributed by atoms with E-state index >= 15 is 0 Å². The fourth-order valence-electron chi connectivity index (χ4n) is 2.05. The summed E-state index contributed by atoms with van der Waals surface area (Å²) >= 11 is 5.86. The van der Waals surface area contributed by atoms with Crippen molar-refractivity contribution in [3.63, 3.8) is 0 Å². The number of aromatic nitrogens is 2. The average Bonchev–Trinajstić information content (AvgIpc) is 2.99. The van der Waals surface area contributed by atoms with Crippen molar-refractivity contribution in [3.8, 4) is 11.5 Å². The van der Waals surface area contributed by atoms with Crippen LogP contribution in [-0.4, -0.2) is 10.2 Å². The molecule has 0 amide bonds. The lowest BCUT2D eigenvalue weighted by atomic mass is 10.1. The van der Waals surface area contributed by atoms with E-state index in [1.807, 2.05) is 42.5 Å². The lowest BCUT2D eigenvalue weighted by Crippen LogP contribution is -2.13. The quantitative estimate of drug-likeness (QED) is 0.799. The van der Waals surface area contributed by atoms with Gasteiger partial charge in [-0.2, -0.15) is 0 Å². The summed E-state index contributed by atoms with van der Waals surface area (Å²) < 4.78 is 5.65. The highest BCUT2D eigenvalue weighted by Gasteiger charge is 2.15. The zero-order valence-corrected chi connectivity index (χ0v) is 12.0. The molecule has 2 N–H and O–H groups in total. The molecule has 3 rings (SSSR count). The van der Waals surface area contributed by atoms with Gasteiger partial charge in [0, 0.05) is 10.6 Å². The number of nitrogens with two attached hydrogens (primary N) is 1. The Bertz CT molecular complexity index is 710. The van der Waals surface area contributed by atoms with Crippen LogP contribution in [0.1, 0.15) is 17.5 Å². The van der Waals surface area contributed by atoms with Crippen LogP contribution >= 0.6 is 11.6 Å². The summed E-state index contributed by atoms with van der Waals surface area (Å²) in [5, 5.41) is 8.74. The molecule has 1 unspecified atom stereocenters. The molecule has 2 aromatic carbocycles. The van der Waals surface area contributed by atoms with Gasteiger partial charge in [-0.25, -0.2) is 0 Å². The van der Waals surface area contributed by atoms with Gasteiger partial charge in [-0.1, -0.05) is 41.9 Å². The van der Waals surface area contributed by atoms with E-state index in [-0.39, 0.29) is 6.04 Å². The van der Waals surface area contributed by atoms with E-state index in [9.17, 15) is 0 Å². The van der Waals surface area contributed by atoms with E-state index in [0.29, 0.717) is 23.2 Å². The molecule has 21 heavy (non-hydrogen) atoms. The van der Waals surface area contributed by atoms with Crippen molar-refractivity contribution in [1.29, 1.82) is 0 Å².